The molecule has 2 rings (SSSR count). The van der Waals surface area contributed by atoms with Crippen LogP contribution < -0.4 is 5.32 Å². The number of nitrogens with one attached hydrogen (secondary N) is 1. The van der Waals surface area contributed by atoms with Crippen LogP contribution in [0.2, 0.25) is 0 Å². The predicted octanol–water partition coefficient (Wildman–Crippen LogP) is -0.0991. The van der Waals surface area contributed by atoms with E-state index in [9.17, 15) is 4.79 Å². The van der Waals surface area contributed by atoms with E-state index >= 15 is 0 Å². The number of carbonyl (C=O) groups is 1. The number of aldehydes is 1. The Hall–Kier alpha value is -0.450. The SMILES string of the molecule is CCN1CCN(C2CCCNC2)C1C=O. The smallest absolute Gasteiger partial charge is 0.151 e. The first-order chi connectivity index (χ1) is 7.36. The summed E-state index contributed by atoms with van der Waals surface area (Å²) in [5.74, 6) is 0. The molecule has 2 saturated heterocycles. The van der Waals surface area contributed by atoms with Gasteiger partial charge in [-0.05, 0) is 25.9 Å². The summed E-state index contributed by atoms with van der Waals surface area (Å²) in [6.07, 6.45) is 3.60. The summed E-state index contributed by atoms with van der Waals surface area (Å²) in [6.45, 7) is 7.36. The van der Waals surface area contributed by atoms with Gasteiger partial charge in [0.05, 0.1) is 0 Å². The van der Waals surface area contributed by atoms with Crippen molar-refractivity contribution >= 4 is 6.29 Å². The van der Waals surface area contributed by atoms with Crippen LogP contribution in [0.1, 0.15) is 19.8 Å². The van der Waals surface area contributed by atoms with Crippen molar-refractivity contribution in [2.75, 3.05) is 32.7 Å². The Labute approximate surface area is 91.6 Å². The van der Waals surface area contributed by atoms with Gasteiger partial charge in [-0.15, -0.1) is 0 Å². The average Bonchev–Trinajstić information content (AvgIpc) is 2.72. The van der Waals surface area contributed by atoms with E-state index in [1.54, 1.807) is 0 Å². The molecule has 0 aromatic rings. The monoisotopic (exact) mass is 211 g/mol. The molecule has 2 aliphatic rings. The van der Waals surface area contributed by atoms with E-state index < -0.39 is 0 Å². The minimum absolute atomic E-state index is 0.0277. The van der Waals surface area contributed by atoms with Crippen LogP contribution in [-0.2, 0) is 4.79 Å². The molecule has 0 aromatic carbocycles. The summed E-state index contributed by atoms with van der Waals surface area (Å²) < 4.78 is 0. The first kappa shape index (κ1) is 11.0. The summed E-state index contributed by atoms with van der Waals surface area (Å²) in [6, 6.07) is 0.561. The van der Waals surface area contributed by atoms with Gasteiger partial charge in [0.2, 0.25) is 0 Å². The van der Waals surface area contributed by atoms with Crippen molar-refractivity contribution in [3.63, 3.8) is 0 Å². The van der Waals surface area contributed by atoms with Crippen LogP contribution in [0.5, 0.6) is 0 Å². The van der Waals surface area contributed by atoms with E-state index in [0.29, 0.717) is 6.04 Å². The van der Waals surface area contributed by atoms with Crippen LogP contribution in [0.15, 0.2) is 0 Å². The number of piperidine rings is 1. The number of rotatable bonds is 3. The molecule has 0 aromatic heterocycles. The molecule has 0 aliphatic carbocycles. The Morgan fingerprint density at radius 2 is 2.33 bits per heavy atom. The third-order valence-electron chi connectivity index (χ3n) is 3.63. The van der Waals surface area contributed by atoms with Crippen LogP contribution >= 0.6 is 0 Å². The van der Waals surface area contributed by atoms with Crippen molar-refractivity contribution < 1.29 is 4.79 Å². The molecular weight excluding hydrogens is 190 g/mol. The Kier molecular flexibility index (Phi) is 3.72. The maximum Gasteiger partial charge on any atom is 0.151 e. The van der Waals surface area contributed by atoms with E-state index in [-0.39, 0.29) is 6.17 Å². The third kappa shape index (κ3) is 2.22. The van der Waals surface area contributed by atoms with Crippen molar-refractivity contribution in [3.8, 4) is 0 Å². The lowest BCUT2D eigenvalue weighted by Gasteiger charge is -2.34. The van der Waals surface area contributed by atoms with Crippen molar-refractivity contribution in [2.24, 2.45) is 0 Å². The first-order valence-electron chi connectivity index (χ1n) is 6.02. The second kappa shape index (κ2) is 5.05. The molecule has 4 nitrogen and oxygen atoms in total. The molecule has 0 radical (unpaired) electrons. The summed E-state index contributed by atoms with van der Waals surface area (Å²) >= 11 is 0. The number of hydrogen-bond acceptors (Lipinski definition) is 4. The van der Waals surface area contributed by atoms with Crippen LogP contribution in [-0.4, -0.2) is 61.0 Å². The zero-order valence-corrected chi connectivity index (χ0v) is 9.48. The molecule has 15 heavy (non-hydrogen) atoms. The normalized spacial score (nSPS) is 34.5. The molecule has 0 amide bonds. The lowest BCUT2D eigenvalue weighted by atomic mass is 10.1. The number of hydrogen-bond donors (Lipinski definition) is 1. The maximum absolute atomic E-state index is 11.1. The van der Waals surface area contributed by atoms with E-state index in [1.807, 2.05) is 0 Å². The van der Waals surface area contributed by atoms with Crippen molar-refractivity contribution in [1.29, 1.82) is 0 Å². The largest absolute Gasteiger partial charge is 0.315 e. The quantitative estimate of drug-likeness (QED) is 0.661. The lowest BCUT2D eigenvalue weighted by Crippen LogP contribution is -2.51. The van der Waals surface area contributed by atoms with E-state index in [0.717, 1.165) is 39.0 Å². The fourth-order valence-electron chi connectivity index (χ4n) is 2.74. The molecule has 2 aliphatic heterocycles. The molecule has 0 bridgehead atoms. The topological polar surface area (TPSA) is 35.6 Å². The molecule has 86 valence electrons. The maximum atomic E-state index is 11.1. The van der Waals surface area contributed by atoms with Gasteiger partial charge in [-0.3, -0.25) is 9.80 Å². The highest BCUT2D eigenvalue weighted by molar-refractivity contribution is 5.57. The van der Waals surface area contributed by atoms with E-state index in [2.05, 4.69) is 22.0 Å². The highest BCUT2D eigenvalue weighted by atomic mass is 16.1. The zero-order chi connectivity index (χ0) is 10.7. The molecule has 0 saturated carbocycles. The molecule has 4 heteroatoms. The molecule has 2 unspecified atom stereocenters. The Balaban J connectivity index is 1.98. The predicted molar refractivity (Wildman–Crippen MR) is 59.7 cm³/mol. The highest BCUT2D eigenvalue weighted by Crippen LogP contribution is 2.19. The minimum Gasteiger partial charge on any atom is -0.315 e. The molecular formula is C11H21N3O. The molecule has 2 fully saturated rings. The molecule has 1 N–H and O–H groups in total. The first-order valence-corrected chi connectivity index (χ1v) is 6.02. The fourth-order valence-corrected chi connectivity index (χ4v) is 2.74. The van der Waals surface area contributed by atoms with Gasteiger partial charge in [0.15, 0.2) is 6.29 Å². The number of likely N-dealkylation sites (N-methyl/N-ethyl adjacent to an activating group) is 1. The zero-order valence-electron chi connectivity index (χ0n) is 9.48. The lowest BCUT2D eigenvalue weighted by molar-refractivity contribution is -0.116. The molecule has 2 heterocycles. The van der Waals surface area contributed by atoms with Gasteiger partial charge in [0.25, 0.3) is 0 Å². The van der Waals surface area contributed by atoms with Gasteiger partial charge in [-0.25, -0.2) is 0 Å². The Morgan fingerprint density at radius 1 is 1.47 bits per heavy atom. The van der Waals surface area contributed by atoms with Crippen LogP contribution in [0.25, 0.3) is 0 Å². The second-order valence-electron chi connectivity index (χ2n) is 4.42. The second-order valence-corrected chi connectivity index (χ2v) is 4.42. The standard InChI is InChI=1S/C11H21N3O/c1-2-13-6-7-14(11(13)9-15)10-4-3-5-12-8-10/h9-12H,2-8H2,1H3. The van der Waals surface area contributed by atoms with Gasteiger partial charge >= 0.3 is 0 Å². The average molecular weight is 211 g/mol. The van der Waals surface area contributed by atoms with Gasteiger partial charge in [0, 0.05) is 25.7 Å². The summed E-state index contributed by atoms with van der Waals surface area (Å²) in [7, 11) is 0. The molecule has 2 atom stereocenters. The van der Waals surface area contributed by atoms with Crippen LogP contribution in [0, 0.1) is 0 Å². The van der Waals surface area contributed by atoms with Gasteiger partial charge in [-0.2, -0.15) is 0 Å². The summed E-state index contributed by atoms with van der Waals surface area (Å²) in [5, 5.41) is 3.41. The van der Waals surface area contributed by atoms with E-state index in [1.165, 1.54) is 12.8 Å². The Bertz CT molecular complexity index is 216. The molecule has 0 spiro atoms. The van der Waals surface area contributed by atoms with Crippen molar-refractivity contribution in [3.05, 3.63) is 0 Å². The van der Waals surface area contributed by atoms with E-state index in [4.69, 9.17) is 0 Å². The highest BCUT2D eigenvalue weighted by Gasteiger charge is 2.35. The third-order valence-corrected chi connectivity index (χ3v) is 3.63. The van der Waals surface area contributed by atoms with Gasteiger partial charge < -0.3 is 10.1 Å². The summed E-state index contributed by atoms with van der Waals surface area (Å²) in [5.41, 5.74) is 0. The van der Waals surface area contributed by atoms with Crippen LogP contribution in [0.3, 0.4) is 0 Å². The van der Waals surface area contributed by atoms with Crippen molar-refractivity contribution in [2.45, 2.75) is 32.0 Å². The summed E-state index contributed by atoms with van der Waals surface area (Å²) in [4.78, 5) is 15.7. The van der Waals surface area contributed by atoms with Gasteiger partial charge in [-0.1, -0.05) is 6.92 Å². The van der Waals surface area contributed by atoms with Crippen molar-refractivity contribution in [1.82, 2.24) is 15.1 Å². The van der Waals surface area contributed by atoms with Crippen LogP contribution in [0.4, 0.5) is 0 Å². The number of carbonyl (C=O) groups excluding carboxylic acids is 1. The minimum atomic E-state index is 0.0277. The van der Waals surface area contributed by atoms with Gasteiger partial charge in [0.1, 0.15) is 6.17 Å². The fraction of sp³-hybridized carbons (Fsp3) is 0.909. The Morgan fingerprint density at radius 3 is 2.93 bits per heavy atom. The number of nitrogens with zero attached hydrogens (tertiary/aromatic N) is 2.